The molecule has 0 spiro atoms. The largest absolute Gasteiger partial charge is 0.378 e. The van der Waals surface area contributed by atoms with E-state index in [0.29, 0.717) is 6.04 Å². The van der Waals surface area contributed by atoms with Crippen LogP contribution in [0.4, 0.5) is 5.69 Å². The van der Waals surface area contributed by atoms with E-state index in [-0.39, 0.29) is 0 Å². The molecule has 20 heavy (non-hydrogen) atoms. The van der Waals surface area contributed by atoms with Crippen molar-refractivity contribution < 1.29 is 0 Å². The first-order valence-corrected chi connectivity index (χ1v) is 8.26. The van der Waals surface area contributed by atoms with Gasteiger partial charge in [-0.15, -0.1) is 11.8 Å². The number of hydrogen-bond donors (Lipinski definition) is 1. The summed E-state index contributed by atoms with van der Waals surface area (Å²) in [5.74, 6) is 1.15. The van der Waals surface area contributed by atoms with Gasteiger partial charge in [-0.3, -0.25) is 0 Å². The van der Waals surface area contributed by atoms with Crippen molar-refractivity contribution in [1.82, 2.24) is 0 Å². The third kappa shape index (κ3) is 2.82. The quantitative estimate of drug-likeness (QED) is 0.774. The second kappa shape index (κ2) is 5.71. The number of hydrogen-bond acceptors (Lipinski definition) is 2. The first kappa shape index (κ1) is 13.8. The van der Waals surface area contributed by atoms with Crippen LogP contribution in [0.3, 0.4) is 0 Å². The number of thioether (sulfide) groups is 1. The van der Waals surface area contributed by atoms with Crippen molar-refractivity contribution in [3.8, 4) is 0 Å². The molecule has 104 valence electrons. The molecular weight excluding hydrogens is 286 g/mol. The van der Waals surface area contributed by atoms with Crippen LogP contribution in [0.5, 0.6) is 0 Å². The SMILES string of the molecule is Cc1ccc(C)c(NC2CCSc3ccc(Cl)cc32)c1. The summed E-state index contributed by atoms with van der Waals surface area (Å²) < 4.78 is 0. The highest BCUT2D eigenvalue weighted by molar-refractivity contribution is 7.99. The van der Waals surface area contributed by atoms with Gasteiger partial charge in [0.25, 0.3) is 0 Å². The molecule has 0 aliphatic carbocycles. The lowest BCUT2D eigenvalue weighted by atomic mass is 10.0. The molecule has 0 saturated heterocycles. The maximum absolute atomic E-state index is 6.16. The molecule has 1 N–H and O–H groups in total. The number of fused-ring (bicyclic) bond motifs is 1. The number of rotatable bonds is 2. The van der Waals surface area contributed by atoms with E-state index in [9.17, 15) is 0 Å². The van der Waals surface area contributed by atoms with Gasteiger partial charge in [0.1, 0.15) is 0 Å². The number of benzene rings is 2. The predicted molar refractivity (Wildman–Crippen MR) is 89.1 cm³/mol. The minimum Gasteiger partial charge on any atom is -0.378 e. The van der Waals surface area contributed by atoms with Crippen molar-refractivity contribution in [2.45, 2.75) is 31.2 Å². The fourth-order valence-electron chi connectivity index (χ4n) is 2.59. The van der Waals surface area contributed by atoms with Crippen LogP contribution in [-0.2, 0) is 0 Å². The molecule has 3 rings (SSSR count). The van der Waals surface area contributed by atoms with Crippen molar-refractivity contribution in [1.29, 1.82) is 0 Å². The number of aryl methyl sites for hydroxylation is 2. The summed E-state index contributed by atoms with van der Waals surface area (Å²) >= 11 is 8.08. The van der Waals surface area contributed by atoms with Crippen molar-refractivity contribution in [3.05, 3.63) is 58.1 Å². The van der Waals surface area contributed by atoms with Crippen LogP contribution >= 0.6 is 23.4 Å². The third-order valence-corrected chi connectivity index (χ3v) is 5.09. The van der Waals surface area contributed by atoms with Gasteiger partial charge in [0.05, 0.1) is 6.04 Å². The van der Waals surface area contributed by atoms with Crippen LogP contribution in [0.2, 0.25) is 5.02 Å². The van der Waals surface area contributed by atoms with Crippen molar-refractivity contribution in [2.24, 2.45) is 0 Å². The average molecular weight is 304 g/mol. The van der Waals surface area contributed by atoms with Gasteiger partial charge in [0.15, 0.2) is 0 Å². The Bertz CT molecular complexity index is 639. The van der Waals surface area contributed by atoms with Gasteiger partial charge >= 0.3 is 0 Å². The van der Waals surface area contributed by atoms with Gasteiger partial charge in [-0.1, -0.05) is 23.7 Å². The van der Waals surface area contributed by atoms with E-state index < -0.39 is 0 Å². The Morgan fingerprint density at radius 3 is 2.85 bits per heavy atom. The lowest BCUT2D eigenvalue weighted by Gasteiger charge is -2.28. The number of anilines is 1. The lowest BCUT2D eigenvalue weighted by Crippen LogP contribution is -2.16. The zero-order valence-electron chi connectivity index (χ0n) is 11.7. The highest BCUT2D eigenvalue weighted by Gasteiger charge is 2.21. The molecule has 0 radical (unpaired) electrons. The Labute approximate surface area is 129 Å². The summed E-state index contributed by atoms with van der Waals surface area (Å²) in [6.45, 7) is 4.28. The minimum atomic E-state index is 0.352. The summed E-state index contributed by atoms with van der Waals surface area (Å²) in [4.78, 5) is 1.35. The summed E-state index contributed by atoms with van der Waals surface area (Å²) in [7, 11) is 0. The van der Waals surface area contributed by atoms with Gasteiger partial charge < -0.3 is 5.32 Å². The normalized spacial score (nSPS) is 17.6. The monoisotopic (exact) mass is 303 g/mol. The van der Waals surface area contributed by atoms with E-state index in [1.165, 1.54) is 27.3 Å². The van der Waals surface area contributed by atoms with Crippen molar-refractivity contribution >= 4 is 29.1 Å². The predicted octanol–water partition coefficient (Wildman–Crippen LogP) is 5.61. The lowest BCUT2D eigenvalue weighted by molar-refractivity contribution is 0.728. The molecule has 0 amide bonds. The van der Waals surface area contributed by atoms with Crippen LogP contribution < -0.4 is 5.32 Å². The van der Waals surface area contributed by atoms with Gasteiger partial charge in [-0.25, -0.2) is 0 Å². The molecule has 1 heterocycles. The molecule has 3 heteroatoms. The second-order valence-corrected chi connectivity index (χ2v) is 6.91. The fraction of sp³-hybridized carbons (Fsp3) is 0.294. The zero-order chi connectivity index (χ0) is 14.1. The van der Waals surface area contributed by atoms with Crippen LogP contribution in [0.15, 0.2) is 41.3 Å². The standard InChI is InChI=1S/C17H18ClNS/c1-11-3-4-12(2)16(9-11)19-15-7-8-20-17-6-5-13(18)10-14(15)17/h3-6,9-10,15,19H,7-8H2,1-2H3. The molecule has 1 unspecified atom stereocenters. The Kier molecular flexibility index (Phi) is 3.95. The molecule has 0 aromatic heterocycles. The summed E-state index contributed by atoms with van der Waals surface area (Å²) in [6.07, 6.45) is 1.13. The Morgan fingerprint density at radius 2 is 2.00 bits per heavy atom. The number of nitrogens with one attached hydrogen (secondary N) is 1. The van der Waals surface area contributed by atoms with E-state index in [4.69, 9.17) is 11.6 Å². The summed E-state index contributed by atoms with van der Waals surface area (Å²) in [5.41, 5.74) is 5.13. The molecule has 0 saturated carbocycles. The van der Waals surface area contributed by atoms with E-state index in [0.717, 1.165) is 17.2 Å². The first-order valence-electron chi connectivity index (χ1n) is 6.89. The second-order valence-electron chi connectivity index (χ2n) is 5.33. The van der Waals surface area contributed by atoms with E-state index in [2.05, 4.69) is 49.5 Å². The summed E-state index contributed by atoms with van der Waals surface area (Å²) in [5, 5.41) is 4.52. The highest BCUT2D eigenvalue weighted by Crippen LogP contribution is 2.39. The molecule has 0 fully saturated rings. The Balaban J connectivity index is 1.93. The smallest absolute Gasteiger partial charge is 0.0533 e. The third-order valence-electron chi connectivity index (χ3n) is 3.73. The van der Waals surface area contributed by atoms with Gasteiger partial charge in [-0.05, 0) is 61.2 Å². The van der Waals surface area contributed by atoms with Gasteiger partial charge in [-0.2, -0.15) is 0 Å². The van der Waals surface area contributed by atoms with E-state index >= 15 is 0 Å². The molecule has 1 atom stereocenters. The van der Waals surface area contributed by atoms with Crippen molar-refractivity contribution in [3.63, 3.8) is 0 Å². The van der Waals surface area contributed by atoms with E-state index in [1.807, 2.05) is 17.8 Å². The molecule has 0 bridgehead atoms. The fourth-order valence-corrected chi connectivity index (χ4v) is 3.88. The molecule has 2 aromatic rings. The molecule has 1 nitrogen and oxygen atoms in total. The van der Waals surface area contributed by atoms with Gasteiger partial charge in [0, 0.05) is 21.4 Å². The number of halogens is 1. The van der Waals surface area contributed by atoms with Crippen LogP contribution in [0.1, 0.15) is 29.2 Å². The average Bonchev–Trinajstić information content (AvgIpc) is 2.43. The molecule has 1 aliphatic rings. The maximum atomic E-state index is 6.16. The zero-order valence-corrected chi connectivity index (χ0v) is 13.3. The first-order chi connectivity index (χ1) is 9.63. The van der Waals surface area contributed by atoms with Crippen LogP contribution in [0, 0.1) is 13.8 Å². The highest BCUT2D eigenvalue weighted by atomic mass is 35.5. The Morgan fingerprint density at radius 1 is 1.15 bits per heavy atom. The Hall–Kier alpha value is -1.12. The van der Waals surface area contributed by atoms with Crippen molar-refractivity contribution in [2.75, 3.05) is 11.1 Å². The van der Waals surface area contributed by atoms with Crippen LogP contribution in [-0.4, -0.2) is 5.75 Å². The van der Waals surface area contributed by atoms with E-state index in [1.54, 1.807) is 0 Å². The van der Waals surface area contributed by atoms with Gasteiger partial charge in [0.2, 0.25) is 0 Å². The summed E-state index contributed by atoms with van der Waals surface area (Å²) in [6, 6.07) is 13.1. The minimum absolute atomic E-state index is 0.352. The van der Waals surface area contributed by atoms with Crippen LogP contribution in [0.25, 0.3) is 0 Å². The molecule has 2 aromatic carbocycles. The topological polar surface area (TPSA) is 12.0 Å². The molecule has 1 aliphatic heterocycles. The molecular formula is C17H18ClNS. The maximum Gasteiger partial charge on any atom is 0.0533 e.